The smallest absolute Gasteiger partial charge is 0.0560 e. The number of allylic oxidation sites excluding steroid dienone is 6. The van der Waals surface area contributed by atoms with E-state index >= 15 is 0 Å². The summed E-state index contributed by atoms with van der Waals surface area (Å²) in [6.45, 7) is 15.8. The fourth-order valence-corrected chi connectivity index (χ4v) is 8.76. The number of hydrogen-bond donors (Lipinski definition) is 0. The fourth-order valence-electron chi connectivity index (χ4n) is 8.76. The van der Waals surface area contributed by atoms with Crippen LogP contribution in [0.1, 0.15) is 94.0 Å². The molecule has 0 saturated carbocycles. The summed E-state index contributed by atoms with van der Waals surface area (Å²) < 4.78 is 0. The molecule has 2 atom stereocenters. The maximum Gasteiger partial charge on any atom is 0.0560 e. The molecule has 8 rings (SSSR count). The van der Waals surface area contributed by atoms with E-state index < -0.39 is 0 Å². The van der Waals surface area contributed by atoms with Crippen molar-refractivity contribution in [1.82, 2.24) is 0 Å². The van der Waals surface area contributed by atoms with Gasteiger partial charge >= 0.3 is 0 Å². The fraction of sp³-hybridized carbons (Fsp3) is 0.283. The number of nitrogens with zero attached hydrogens (tertiary/aromatic N) is 1. The first-order chi connectivity index (χ1) is 26.0. The summed E-state index contributed by atoms with van der Waals surface area (Å²) in [6.07, 6.45) is 17.2. The van der Waals surface area contributed by atoms with Crippen LogP contribution in [0.2, 0.25) is 0 Å². The topological polar surface area (TPSA) is 3.24 Å². The van der Waals surface area contributed by atoms with Crippen molar-refractivity contribution in [2.45, 2.75) is 97.9 Å². The van der Waals surface area contributed by atoms with Crippen molar-refractivity contribution in [2.75, 3.05) is 4.90 Å². The number of fused-ring (bicyclic) bond motifs is 5. The maximum atomic E-state index is 2.61. The van der Waals surface area contributed by atoms with Gasteiger partial charge in [-0.3, -0.25) is 0 Å². The van der Waals surface area contributed by atoms with E-state index in [-0.39, 0.29) is 11.5 Å². The van der Waals surface area contributed by atoms with Crippen LogP contribution in [0.15, 0.2) is 150 Å². The van der Waals surface area contributed by atoms with E-state index in [4.69, 9.17) is 0 Å². The Kier molecular flexibility index (Phi) is 9.69. The molecule has 2 aliphatic rings. The third-order valence-corrected chi connectivity index (χ3v) is 12.1. The van der Waals surface area contributed by atoms with Crippen molar-refractivity contribution in [1.29, 1.82) is 0 Å². The summed E-state index contributed by atoms with van der Waals surface area (Å²) in [7, 11) is 0. The lowest BCUT2D eigenvalue weighted by Crippen LogP contribution is -2.30. The molecule has 0 saturated heterocycles. The van der Waals surface area contributed by atoms with Crippen molar-refractivity contribution >= 4 is 43.7 Å². The molecule has 0 radical (unpaired) electrons. The molecule has 272 valence electrons. The number of benzene rings is 6. The van der Waals surface area contributed by atoms with E-state index in [1.165, 1.54) is 82.7 Å². The molecule has 0 spiro atoms. The van der Waals surface area contributed by atoms with Gasteiger partial charge in [-0.15, -0.1) is 0 Å². The molecular weight excluding hydrogens is 651 g/mol. The van der Waals surface area contributed by atoms with Gasteiger partial charge in [0.15, 0.2) is 0 Å². The van der Waals surface area contributed by atoms with Crippen LogP contribution in [-0.2, 0) is 11.8 Å². The highest BCUT2D eigenvalue weighted by Gasteiger charge is 2.26. The molecule has 0 N–H and O–H groups in total. The van der Waals surface area contributed by atoms with Crippen molar-refractivity contribution in [3.8, 4) is 0 Å². The molecule has 0 amide bonds. The SMILES string of the molecule is CC1=CCC(N(c2ccc(C)cc2)c2cc3c4ccccc4c(CCC(C4=CC=C(C)CC4)c4ccc(C)cc4)cc3c3ccc(C(C)(C)C)cc23)C=C1. The molecule has 2 unspecified atom stereocenters. The second-order valence-corrected chi connectivity index (χ2v) is 17.2. The summed E-state index contributed by atoms with van der Waals surface area (Å²) in [6, 6.07) is 40.2. The van der Waals surface area contributed by atoms with Crippen LogP contribution >= 0.6 is 0 Å². The lowest BCUT2D eigenvalue weighted by molar-refractivity contribution is 0.591. The Labute approximate surface area is 323 Å². The number of hydrogen-bond acceptors (Lipinski definition) is 1. The molecule has 6 aromatic rings. The van der Waals surface area contributed by atoms with Gasteiger partial charge in [0.1, 0.15) is 0 Å². The summed E-state index contributed by atoms with van der Waals surface area (Å²) >= 11 is 0. The van der Waals surface area contributed by atoms with Crippen LogP contribution in [0.3, 0.4) is 0 Å². The van der Waals surface area contributed by atoms with Crippen LogP contribution in [0.4, 0.5) is 11.4 Å². The second kappa shape index (κ2) is 14.6. The molecular formula is C53H55N. The molecule has 54 heavy (non-hydrogen) atoms. The van der Waals surface area contributed by atoms with Crippen LogP contribution < -0.4 is 4.90 Å². The van der Waals surface area contributed by atoms with E-state index in [0.717, 1.165) is 32.1 Å². The van der Waals surface area contributed by atoms with E-state index in [9.17, 15) is 0 Å². The molecule has 0 fully saturated rings. The van der Waals surface area contributed by atoms with Gasteiger partial charge in [0.25, 0.3) is 0 Å². The number of rotatable bonds is 8. The van der Waals surface area contributed by atoms with Crippen molar-refractivity contribution in [2.24, 2.45) is 0 Å². The van der Waals surface area contributed by atoms with E-state index in [2.05, 4.69) is 187 Å². The average molecular weight is 706 g/mol. The molecule has 1 heteroatoms. The zero-order valence-corrected chi connectivity index (χ0v) is 33.3. The Morgan fingerprint density at radius 3 is 2.02 bits per heavy atom. The Balaban J connectivity index is 1.33. The van der Waals surface area contributed by atoms with Gasteiger partial charge < -0.3 is 4.90 Å². The predicted octanol–water partition coefficient (Wildman–Crippen LogP) is 14.9. The lowest BCUT2D eigenvalue weighted by Gasteiger charge is -2.35. The third kappa shape index (κ3) is 7.09. The number of anilines is 2. The largest absolute Gasteiger partial charge is 0.334 e. The van der Waals surface area contributed by atoms with Gasteiger partial charge in [-0.25, -0.2) is 0 Å². The Bertz CT molecular complexity index is 2480. The van der Waals surface area contributed by atoms with Gasteiger partial charge in [-0.05, 0) is 139 Å². The Morgan fingerprint density at radius 2 is 1.35 bits per heavy atom. The molecule has 1 nitrogen and oxygen atoms in total. The first kappa shape index (κ1) is 35.9. The van der Waals surface area contributed by atoms with Gasteiger partial charge in [-0.1, -0.05) is 152 Å². The molecule has 0 aliphatic heterocycles. The predicted molar refractivity (Wildman–Crippen MR) is 236 cm³/mol. The van der Waals surface area contributed by atoms with Gasteiger partial charge in [0.2, 0.25) is 0 Å². The van der Waals surface area contributed by atoms with E-state index in [0.29, 0.717) is 5.92 Å². The summed E-state index contributed by atoms with van der Waals surface area (Å²) in [5, 5.41) is 8.05. The van der Waals surface area contributed by atoms with Gasteiger partial charge in [0.05, 0.1) is 11.7 Å². The average Bonchev–Trinajstić information content (AvgIpc) is 3.17. The highest BCUT2D eigenvalue weighted by molar-refractivity contribution is 6.22. The lowest BCUT2D eigenvalue weighted by atomic mass is 9.80. The van der Waals surface area contributed by atoms with Crippen LogP contribution in [0.5, 0.6) is 0 Å². The summed E-state index contributed by atoms with van der Waals surface area (Å²) in [5.74, 6) is 0.405. The zero-order chi connectivity index (χ0) is 37.6. The Morgan fingerprint density at radius 1 is 0.667 bits per heavy atom. The molecule has 0 heterocycles. The Hall–Kier alpha value is -5.14. The standard InChI is InChI=1S/C53H55N/c1-35-12-20-39(21-13-35)45(40-22-14-36(2)15-23-40)30-24-41-32-49-48-31-25-42(53(5,6)7)33-51(48)52(34-50(49)47-11-9-8-10-46(41)47)54(43-26-16-37(3)17-27-43)44-28-18-38(4)19-29-44/h8-14,16-22,25-28,31-34,44-45H,15,23-24,29-30H2,1-7H3. The van der Waals surface area contributed by atoms with Crippen molar-refractivity contribution in [3.05, 3.63) is 178 Å². The highest BCUT2D eigenvalue weighted by atomic mass is 15.2. The molecule has 6 aromatic carbocycles. The molecule has 0 aromatic heterocycles. The van der Waals surface area contributed by atoms with Gasteiger partial charge in [-0.2, -0.15) is 0 Å². The monoisotopic (exact) mass is 705 g/mol. The van der Waals surface area contributed by atoms with Crippen molar-refractivity contribution in [3.63, 3.8) is 0 Å². The van der Waals surface area contributed by atoms with Gasteiger partial charge in [0, 0.05) is 17.0 Å². The molecule has 0 bridgehead atoms. The van der Waals surface area contributed by atoms with Crippen LogP contribution in [0, 0.1) is 13.8 Å². The second-order valence-electron chi connectivity index (χ2n) is 17.2. The quantitative estimate of drug-likeness (QED) is 0.143. The van der Waals surface area contributed by atoms with Crippen molar-refractivity contribution < 1.29 is 0 Å². The van der Waals surface area contributed by atoms with E-state index in [1.807, 2.05) is 0 Å². The number of aryl methyl sites for hydroxylation is 3. The first-order valence-corrected chi connectivity index (χ1v) is 20.1. The maximum absolute atomic E-state index is 2.61. The first-order valence-electron chi connectivity index (χ1n) is 20.1. The molecule has 2 aliphatic carbocycles. The van der Waals surface area contributed by atoms with E-state index in [1.54, 1.807) is 5.57 Å². The summed E-state index contributed by atoms with van der Waals surface area (Å²) in [5.41, 5.74) is 13.8. The van der Waals surface area contributed by atoms with Crippen LogP contribution in [-0.4, -0.2) is 6.04 Å². The summed E-state index contributed by atoms with van der Waals surface area (Å²) in [4.78, 5) is 2.61. The highest BCUT2D eigenvalue weighted by Crippen LogP contribution is 2.45. The normalized spacial score (nSPS) is 16.7. The minimum atomic E-state index is 0.0285. The van der Waals surface area contributed by atoms with Crippen LogP contribution in [0.25, 0.3) is 32.3 Å². The minimum Gasteiger partial charge on any atom is -0.334 e. The zero-order valence-electron chi connectivity index (χ0n) is 33.3. The minimum absolute atomic E-state index is 0.0285. The third-order valence-electron chi connectivity index (χ3n) is 12.1.